The molecule has 0 aliphatic rings. The molecule has 6 nitrogen and oxygen atoms in total. The Balaban J connectivity index is 1.94. The van der Waals surface area contributed by atoms with Crippen LogP contribution in [0.4, 0.5) is 13.2 Å². The molecule has 2 aromatic carbocycles. The van der Waals surface area contributed by atoms with E-state index in [1.165, 1.54) is 12.1 Å². The van der Waals surface area contributed by atoms with Gasteiger partial charge in [0.1, 0.15) is 35.5 Å². The zero-order valence-corrected chi connectivity index (χ0v) is 12.6. The number of amides is 1. The minimum Gasteiger partial charge on any atom is -0.488 e. The summed E-state index contributed by atoms with van der Waals surface area (Å²) in [5, 5.41) is 9.71. The van der Waals surface area contributed by atoms with Crippen LogP contribution in [-0.2, 0) is 6.61 Å². The number of H-pyrrole nitrogens is 1. The number of carbonyl (C=O) groups excluding carboxylic acids is 1. The van der Waals surface area contributed by atoms with Crippen LogP contribution in [0.2, 0.25) is 0 Å². The van der Waals surface area contributed by atoms with Crippen molar-refractivity contribution in [2.45, 2.75) is 6.61 Å². The molecule has 25 heavy (non-hydrogen) atoms. The maximum absolute atomic E-state index is 13.7. The monoisotopic (exact) mass is 348 g/mol. The molecule has 0 saturated heterocycles. The van der Waals surface area contributed by atoms with E-state index < -0.39 is 23.4 Å². The SMILES string of the molecule is NC(=O)c1n[nH]nc1-c1ccc(F)cc1OCc1ccc(F)cc1F. The van der Waals surface area contributed by atoms with Crippen LogP contribution < -0.4 is 10.5 Å². The van der Waals surface area contributed by atoms with Crippen LogP contribution in [0.25, 0.3) is 11.3 Å². The second-order valence-corrected chi connectivity index (χ2v) is 5.05. The van der Waals surface area contributed by atoms with Crippen LogP contribution in [0.3, 0.4) is 0 Å². The van der Waals surface area contributed by atoms with Gasteiger partial charge >= 0.3 is 0 Å². The molecule has 128 valence electrons. The number of halogens is 3. The van der Waals surface area contributed by atoms with Gasteiger partial charge in [-0.15, -0.1) is 0 Å². The first-order valence-corrected chi connectivity index (χ1v) is 7.03. The zero-order chi connectivity index (χ0) is 18.0. The second-order valence-electron chi connectivity index (χ2n) is 5.05. The minimum absolute atomic E-state index is 0.000116. The maximum atomic E-state index is 13.7. The van der Waals surface area contributed by atoms with Gasteiger partial charge in [0.15, 0.2) is 5.69 Å². The first-order chi connectivity index (χ1) is 12.0. The molecule has 1 heterocycles. The number of hydrogen-bond donors (Lipinski definition) is 2. The standard InChI is InChI=1S/C16H11F3N4O2/c17-9-2-1-8(12(19)5-9)7-25-13-6-10(18)3-4-11(13)14-15(16(20)24)22-23-21-14/h1-6H,7H2,(H2,20,24)(H,21,22,23). The summed E-state index contributed by atoms with van der Waals surface area (Å²) in [7, 11) is 0. The molecule has 0 aliphatic heterocycles. The van der Waals surface area contributed by atoms with Gasteiger partial charge in [-0.05, 0) is 24.3 Å². The van der Waals surface area contributed by atoms with Crippen LogP contribution in [0, 0.1) is 17.5 Å². The second kappa shape index (κ2) is 6.63. The summed E-state index contributed by atoms with van der Waals surface area (Å²) in [6, 6.07) is 6.53. The van der Waals surface area contributed by atoms with Gasteiger partial charge in [0.2, 0.25) is 0 Å². The van der Waals surface area contributed by atoms with Gasteiger partial charge in [-0.25, -0.2) is 13.2 Å². The van der Waals surface area contributed by atoms with Crippen LogP contribution >= 0.6 is 0 Å². The van der Waals surface area contributed by atoms with Gasteiger partial charge < -0.3 is 10.5 Å². The Morgan fingerprint density at radius 3 is 2.52 bits per heavy atom. The molecule has 3 aromatic rings. The zero-order valence-electron chi connectivity index (χ0n) is 12.6. The summed E-state index contributed by atoms with van der Waals surface area (Å²) in [4.78, 5) is 11.4. The van der Waals surface area contributed by atoms with Gasteiger partial charge in [-0.3, -0.25) is 4.79 Å². The van der Waals surface area contributed by atoms with E-state index in [1.807, 2.05) is 0 Å². The van der Waals surface area contributed by atoms with E-state index in [-0.39, 0.29) is 34.9 Å². The lowest BCUT2D eigenvalue weighted by atomic mass is 10.1. The topological polar surface area (TPSA) is 93.9 Å². The van der Waals surface area contributed by atoms with Crippen molar-refractivity contribution in [2.24, 2.45) is 5.73 Å². The number of nitrogens with two attached hydrogens (primary N) is 1. The average molecular weight is 348 g/mol. The Hall–Kier alpha value is -3.36. The van der Waals surface area contributed by atoms with Gasteiger partial charge in [0, 0.05) is 23.3 Å². The van der Waals surface area contributed by atoms with Gasteiger partial charge in [-0.1, -0.05) is 0 Å². The number of rotatable bonds is 5. The van der Waals surface area contributed by atoms with Gasteiger partial charge in [-0.2, -0.15) is 15.4 Å². The lowest BCUT2D eigenvalue weighted by Crippen LogP contribution is -2.13. The third kappa shape index (κ3) is 3.44. The molecule has 0 atom stereocenters. The van der Waals surface area contributed by atoms with Crippen molar-refractivity contribution in [1.29, 1.82) is 0 Å². The highest BCUT2D eigenvalue weighted by atomic mass is 19.1. The quantitative estimate of drug-likeness (QED) is 0.741. The van der Waals surface area contributed by atoms with Crippen molar-refractivity contribution in [2.75, 3.05) is 0 Å². The predicted molar refractivity (Wildman–Crippen MR) is 81.0 cm³/mol. The van der Waals surface area contributed by atoms with Gasteiger partial charge in [0.05, 0.1) is 0 Å². The van der Waals surface area contributed by atoms with Crippen molar-refractivity contribution in [1.82, 2.24) is 15.4 Å². The number of aromatic nitrogens is 3. The number of benzene rings is 2. The largest absolute Gasteiger partial charge is 0.488 e. The van der Waals surface area contributed by atoms with E-state index in [9.17, 15) is 18.0 Å². The Morgan fingerprint density at radius 1 is 1.08 bits per heavy atom. The van der Waals surface area contributed by atoms with Crippen molar-refractivity contribution in [3.8, 4) is 17.0 Å². The molecule has 0 radical (unpaired) electrons. The lowest BCUT2D eigenvalue weighted by molar-refractivity contribution is 0.0996. The molecule has 3 rings (SSSR count). The molecule has 0 fully saturated rings. The number of nitrogens with one attached hydrogen (secondary N) is 1. The number of nitrogens with zero attached hydrogens (tertiary/aromatic N) is 2. The highest BCUT2D eigenvalue weighted by Gasteiger charge is 2.19. The summed E-state index contributed by atoms with van der Waals surface area (Å²) >= 11 is 0. The molecule has 0 bridgehead atoms. The van der Waals surface area contributed by atoms with Crippen molar-refractivity contribution >= 4 is 5.91 Å². The van der Waals surface area contributed by atoms with E-state index in [0.717, 1.165) is 18.2 Å². The molecule has 0 saturated carbocycles. The first kappa shape index (κ1) is 16.5. The number of primary amides is 1. The fourth-order valence-corrected chi connectivity index (χ4v) is 2.20. The van der Waals surface area contributed by atoms with Crippen molar-refractivity contribution in [3.05, 3.63) is 65.1 Å². The summed E-state index contributed by atoms with van der Waals surface area (Å²) < 4.78 is 45.6. The van der Waals surface area contributed by atoms with Crippen molar-refractivity contribution in [3.63, 3.8) is 0 Å². The Bertz CT molecular complexity index is 943. The third-order valence-electron chi connectivity index (χ3n) is 3.38. The highest BCUT2D eigenvalue weighted by molar-refractivity contribution is 5.97. The highest BCUT2D eigenvalue weighted by Crippen LogP contribution is 2.31. The number of ether oxygens (including phenoxy) is 1. The van der Waals surface area contributed by atoms with Crippen LogP contribution in [0.5, 0.6) is 5.75 Å². The molecule has 3 N–H and O–H groups in total. The number of hydrogen-bond acceptors (Lipinski definition) is 4. The normalized spacial score (nSPS) is 10.7. The summed E-state index contributed by atoms with van der Waals surface area (Å²) in [5.41, 5.74) is 5.45. The van der Waals surface area contributed by atoms with Crippen LogP contribution in [0.15, 0.2) is 36.4 Å². The fraction of sp³-hybridized carbons (Fsp3) is 0.0625. The summed E-state index contributed by atoms with van der Waals surface area (Å²) in [6.45, 7) is -0.285. The Labute approximate surface area is 139 Å². The van der Waals surface area contributed by atoms with E-state index in [1.54, 1.807) is 0 Å². The van der Waals surface area contributed by atoms with E-state index in [4.69, 9.17) is 10.5 Å². The number of aromatic amines is 1. The summed E-state index contributed by atoms with van der Waals surface area (Å²) in [6.07, 6.45) is 0. The Kier molecular flexibility index (Phi) is 4.38. The molecule has 1 aromatic heterocycles. The molecule has 0 aliphatic carbocycles. The molecule has 0 spiro atoms. The van der Waals surface area contributed by atoms with Crippen LogP contribution in [0.1, 0.15) is 16.1 Å². The maximum Gasteiger partial charge on any atom is 0.271 e. The molecule has 1 amide bonds. The van der Waals surface area contributed by atoms with E-state index >= 15 is 0 Å². The predicted octanol–water partition coefficient (Wildman–Crippen LogP) is 2.57. The molecule has 9 heteroatoms. The number of carbonyl (C=O) groups is 1. The lowest BCUT2D eigenvalue weighted by Gasteiger charge is -2.11. The first-order valence-electron chi connectivity index (χ1n) is 7.03. The summed E-state index contributed by atoms with van der Waals surface area (Å²) in [5.74, 6) is -2.95. The van der Waals surface area contributed by atoms with Crippen molar-refractivity contribution < 1.29 is 22.7 Å². The fourth-order valence-electron chi connectivity index (χ4n) is 2.20. The average Bonchev–Trinajstić information content (AvgIpc) is 3.04. The molecule has 0 unspecified atom stereocenters. The molecular weight excluding hydrogens is 337 g/mol. The molecular formula is C16H11F3N4O2. The smallest absolute Gasteiger partial charge is 0.271 e. The van der Waals surface area contributed by atoms with E-state index in [0.29, 0.717) is 6.07 Å². The third-order valence-corrected chi connectivity index (χ3v) is 3.38. The minimum atomic E-state index is -0.830. The van der Waals surface area contributed by atoms with E-state index in [2.05, 4.69) is 15.4 Å². The van der Waals surface area contributed by atoms with Crippen LogP contribution in [-0.4, -0.2) is 21.3 Å². The van der Waals surface area contributed by atoms with Gasteiger partial charge in [0.25, 0.3) is 5.91 Å². The Morgan fingerprint density at radius 2 is 1.80 bits per heavy atom.